The van der Waals surface area contributed by atoms with E-state index in [1.165, 1.54) is 0 Å². The average molecular weight is 334 g/mol. The van der Waals surface area contributed by atoms with Gasteiger partial charge in [-0.2, -0.15) is 0 Å². The van der Waals surface area contributed by atoms with Crippen LogP contribution in [0.15, 0.2) is 15.7 Å². The lowest BCUT2D eigenvalue weighted by molar-refractivity contribution is -0.139. The molecular formula is C18H26N2O4. The lowest BCUT2D eigenvalue weighted by Crippen LogP contribution is -2.47. The molecule has 0 spiro atoms. The van der Waals surface area contributed by atoms with Gasteiger partial charge in [0.25, 0.3) is 0 Å². The number of aromatic nitrogens is 1. The summed E-state index contributed by atoms with van der Waals surface area (Å²) in [4.78, 5) is 31.0. The Hall–Kier alpha value is -1.98. The third-order valence-electron chi connectivity index (χ3n) is 4.38. The Kier molecular flexibility index (Phi) is 5.57. The standard InChI is InChI=1S/C18H26N2O4/c1-6-8-12(20-23-7-2)15-13(21)10-18(4,5)16(17(15)22)14-9-11(3)19-24-14/h9,15-16H,6-8,10H2,1-5H3. The van der Waals surface area contributed by atoms with Crippen LogP contribution >= 0.6 is 0 Å². The van der Waals surface area contributed by atoms with Gasteiger partial charge >= 0.3 is 0 Å². The van der Waals surface area contributed by atoms with Crippen LogP contribution in [0.4, 0.5) is 0 Å². The Bertz CT molecular complexity index is 645. The predicted molar refractivity (Wildman–Crippen MR) is 89.9 cm³/mol. The van der Waals surface area contributed by atoms with Crippen molar-refractivity contribution in [3.05, 3.63) is 17.5 Å². The van der Waals surface area contributed by atoms with Crippen LogP contribution in [-0.2, 0) is 14.4 Å². The Labute approximate surface area is 142 Å². The zero-order valence-corrected chi connectivity index (χ0v) is 15.1. The molecule has 24 heavy (non-hydrogen) atoms. The van der Waals surface area contributed by atoms with Gasteiger partial charge in [0.05, 0.1) is 17.3 Å². The first-order chi connectivity index (χ1) is 11.3. The molecule has 0 aliphatic heterocycles. The number of ketones is 2. The van der Waals surface area contributed by atoms with E-state index in [1.54, 1.807) is 6.07 Å². The van der Waals surface area contributed by atoms with E-state index < -0.39 is 17.3 Å². The van der Waals surface area contributed by atoms with Crippen molar-refractivity contribution < 1.29 is 18.9 Å². The number of nitrogens with zero attached hydrogens (tertiary/aromatic N) is 2. The molecule has 1 saturated carbocycles. The lowest BCUT2D eigenvalue weighted by Gasteiger charge is -2.38. The van der Waals surface area contributed by atoms with Crippen molar-refractivity contribution in [2.45, 2.75) is 59.8 Å². The minimum Gasteiger partial charge on any atom is -0.396 e. The molecular weight excluding hydrogens is 308 g/mol. The Morgan fingerprint density at radius 2 is 2.12 bits per heavy atom. The fourth-order valence-corrected chi connectivity index (χ4v) is 3.40. The molecule has 0 saturated heterocycles. The van der Waals surface area contributed by atoms with Crippen molar-refractivity contribution in [3.8, 4) is 0 Å². The van der Waals surface area contributed by atoms with Crippen molar-refractivity contribution in [2.24, 2.45) is 16.5 Å². The number of hydrogen-bond donors (Lipinski definition) is 0. The molecule has 2 atom stereocenters. The number of carbonyl (C=O) groups is 2. The maximum Gasteiger partial charge on any atom is 0.160 e. The molecule has 1 heterocycles. The molecule has 1 aromatic rings. The second kappa shape index (κ2) is 7.28. The van der Waals surface area contributed by atoms with Crippen LogP contribution in [0.1, 0.15) is 64.3 Å². The molecule has 6 nitrogen and oxygen atoms in total. The van der Waals surface area contributed by atoms with E-state index in [9.17, 15) is 9.59 Å². The number of rotatable bonds is 6. The summed E-state index contributed by atoms with van der Waals surface area (Å²) in [5, 5.41) is 7.97. The molecule has 6 heteroatoms. The SMILES string of the molecule is CCCC(=NOCC)C1C(=O)CC(C)(C)C(c2cc(C)no2)C1=O. The average Bonchev–Trinajstić information content (AvgIpc) is 2.89. The van der Waals surface area contributed by atoms with Gasteiger partial charge in [-0.05, 0) is 25.7 Å². The van der Waals surface area contributed by atoms with Gasteiger partial charge in [0.15, 0.2) is 5.78 Å². The van der Waals surface area contributed by atoms with Crippen molar-refractivity contribution in [1.82, 2.24) is 5.16 Å². The maximum atomic E-state index is 13.2. The van der Waals surface area contributed by atoms with Gasteiger partial charge in [-0.1, -0.05) is 37.5 Å². The van der Waals surface area contributed by atoms with Gasteiger partial charge in [-0.25, -0.2) is 0 Å². The first-order valence-electron chi connectivity index (χ1n) is 8.50. The van der Waals surface area contributed by atoms with Crippen LogP contribution < -0.4 is 0 Å². The number of carbonyl (C=O) groups excluding carboxylic acids is 2. The van der Waals surface area contributed by atoms with Crippen molar-refractivity contribution >= 4 is 17.3 Å². The summed E-state index contributed by atoms with van der Waals surface area (Å²) in [6.07, 6.45) is 1.64. The largest absolute Gasteiger partial charge is 0.396 e. The molecule has 132 valence electrons. The zero-order chi connectivity index (χ0) is 17.9. The summed E-state index contributed by atoms with van der Waals surface area (Å²) in [5.74, 6) is -1.10. The Morgan fingerprint density at radius 1 is 1.42 bits per heavy atom. The predicted octanol–water partition coefficient (Wildman–Crippen LogP) is 3.44. The molecule has 1 aromatic heterocycles. The van der Waals surface area contributed by atoms with Crippen LogP contribution in [0, 0.1) is 18.3 Å². The number of Topliss-reactive ketones (excluding diaryl/α,β-unsaturated/α-hetero) is 2. The van der Waals surface area contributed by atoms with Gasteiger partial charge in [0.2, 0.25) is 0 Å². The third-order valence-corrected chi connectivity index (χ3v) is 4.38. The van der Waals surface area contributed by atoms with Crippen LogP contribution in [0.25, 0.3) is 0 Å². The first kappa shape index (κ1) is 18.4. The van der Waals surface area contributed by atoms with Crippen LogP contribution in [-0.4, -0.2) is 29.0 Å². The smallest absolute Gasteiger partial charge is 0.160 e. The molecule has 2 rings (SSSR count). The first-order valence-corrected chi connectivity index (χ1v) is 8.50. The van der Waals surface area contributed by atoms with Crippen LogP contribution in [0.5, 0.6) is 0 Å². The maximum absolute atomic E-state index is 13.2. The molecule has 1 aliphatic carbocycles. The van der Waals surface area contributed by atoms with E-state index in [4.69, 9.17) is 9.36 Å². The Balaban J connectivity index is 2.42. The zero-order valence-electron chi connectivity index (χ0n) is 15.1. The molecule has 2 unspecified atom stereocenters. The third kappa shape index (κ3) is 3.57. The fourth-order valence-electron chi connectivity index (χ4n) is 3.40. The summed E-state index contributed by atoms with van der Waals surface area (Å²) in [7, 11) is 0. The summed E-state index contributed by atoms with van der Waals surface area (Å²) >= 11 is 0. The van der Waals surface area contributed by atoms with E-state index >= 15 is 0 Å². The van der Waals surface area contributed by atoms with E-state index in [-0.39, 0.29) is 11.6 Å². The summed E-state index contributed by atoms with van der Waals surface area (Å²) in [6.45, 7) is 9.86. The number of aryl methyl sites for hydroxylation is 1. The van der Waals surface area contributed by atoms with E-state index in [2.05, 4.69) is 10.3 Å². The minimum atomic E-state index is -0.847. The van der Waals surface area contributed by atoms with Crippen molar-refractivity contribution in [2.75, 3.05) is 6.61 Å². The molecule has 0 aromatic carbocycles. The normalized spacial score (nSPS) is 24.3. The lowest BCUT2D eigenvalue weighted by atomic mass is 9.62. The second-order valence-electron chi connectivity index (χ2n) is 7.02. The summed E-state index contributed by atoms with van der Waals surface area (Å²) in [6, 6.07) is 1.77. The van der Waals surface area contributed by atoms with E-state index in [1.807, 2.05) is 34.6 Å². The highest BCUT2D eigenvalue weighted by Gasteiger charge is 2.51. The molecule has 1 fully saturated rings. The highest BCUT2D eigenvalue weighted by molar-refractivity contribution is 6.24. The van der Waals surface area contributed by atoms with Crippen LogP contribution in [0.3, 0.4) is 0 Å². The molecule has 1 aliphatic rings. The summed E-state index contributed by atoms with van der Waals surface area (Å²) < 4.78 is 5.36. The van der Waals surface area contributed by atoms with Gasteiger partial charge in [-0.3, -0.25) is 9.59 Å². The Morgan fingerprint density at radius 3 is 2.67 bits per heavy atom. The van der Waals surface area contributed by atoms with Gasteiger partial charge in [0, 0.05) is 12.5 Å². The van der Waals surface area contributed by atoms with Gasteiger partial charge in [-0.15, -0.1) is 0 Å². The quantitative estimate of drug-likeness (QED) is 0.452. The molecule has 0 amide bonds. The highest BCUT2D eigenvalue weighted by Crippen LogP contribution is 2.46. The minimum absolute atomic E-state index is 0.0932. The second-order valence-corrected chi connectivity index (χ2v) is 7.02. The highest BCUT2D eigenvalue weighted by atomic mass is 16.6. The van der Waals surface area contributed by atoms with Gasteiger partial charge < -0.3 is 9.36 Å². The van der Waals surface area contributed by atoms with Crippen molar-refractivity contribution in [3.63, 3.8) is 0 Å². The van der Waals surface area contributed by atoms with Gasteiger partial charge in [0.1, 0.15) is 24.1 Å². The van der Waals surface area contributed by atoms with Crippen molar-refractivity contribution in [1.29, 1.82) is 0 Å². The van der Waals surface area contributed by atoms with E-state index in [0.717, 1.165) is 12.1 Å². The summed E-state index contributed by atoms with van der Waals surface area (Å²) in [5.41, 5.74) is 0.726. The molecule has 0 bridgehead atoms. The number of hydrogen-bond acceptors (Lipinski definition) is 6. The van der Waals surface area contributed by atoms with E-state index in [0.29, 0.717) is 30.9 Å². The molecule has 0 N–H and O–H groups in total. The molecule has 0 radical (unpaired) electrons. The fraction of sp³-hybridized carbons (Fsp3) is 0.667. The number of oxime groups is 1. The monoisotopic (exact) mass is 334 g/mol. The van der Waals surface area contributed by atoms with Crippen LogP contribution in [0.2, 0.25) is 0 Å². The topological polar surface area (TPSA) is 81.8 Å².